The molecule has 8 heteroatoms. The Balaban J connectivity index is 1.89. The van der Waals surface area contributed by atoms with Crippen LogP contribution in [0, 0.1) is 0 Å². The molecular formula is C15H15Cl2N3OS2. The third-order valence-electron chi connectivity index (χ3n) is 2.73. The fraction of sp³-hybridized carbons (Fsp3) is 0.267. The van der Waals surface area contributed by atoms with Gasteiger partial charge in [0.25, 0.3) is 0 Å². The van der Waals surface area contributed by atoms with Crippen LogP contribution in [0.15, 0.2) is 28.6 Å². The summed E-state index contributed by atoms with van der Waals surface area (Å²) in [4.78, 5) is 11.9. The molecule has 0 saturated heterocycles. The van der Waals surface area contributed by atoms with Gasteiger partial charge in [-0.2, -0.15) is 0 Å². The first-order chi connectivity index (χ1) is 11.1. The van der Waals surface area contributed by atoms with E-state index in [0.717, 1.165) is 28.5 Å². The van der Waals surface area contributed by atoms with Crippen molar-refractivity contribution in [3.8, 4) is 0 Å². The number of amides is 1. The Labute approximate surface area is 153 Å². The topological polar surface area (TPSA) is 54.9 Å². The average Bonchev–Trinajstić information content (AvgIpc) is 2.96. The Morgan fingerprint density at radius 1 is 1.35 bits per heavy atom. The van der Waals surface area contributed by atoms with Crippen LogP contribution >= 0.6 is 46.3 Å². The number of carbonyl (C=O) groups excluding carboxylic acids is 1. The van der Waals surface area contributed by atoms with Gasteiger partial charge < -0.3 is 0 Å². The fourth-order valence-corrected chi connectivity index (χ4v) is 3.77. The lowest BCUT2D eigenvalue weighted by molar-refractivity contribution is -0.111. The minimum absolute atomic E-state index is 0.266. The highest BCUT2D eigenvalue weighted by molar-refractivity contribution is 8.01. The summed E-state index contributed by atoms with van der Waals surface area (Å²) in [5.41, 5.74) is 0.794. The van der Waals surface area contributed by atoms with Gasteiger partial charge in [-0.15, -0.1) is 10.2 Å². The molecule has 0 bridgehead atoms. The molecule has 0 saturated carbocycles. The zero-order chi connectivity index (χ0) is 16.7. The molecule has 1 aromatic carbocycles. The van der Waals surface area contributed by atoms with Crippen LogP contribution in [-0.2, 0) is 4.79 Å². The molecule has 0 atom stereocenters. The molecule has 0 aliphatic rings. The van der Waals surface area contributed by atoms with E-state index in [2.05, 4.69) is 22.4 Å². The SMILES string of the molecule is CCCCSc1nnc(NC(=O)/C=C/c2ccc(Cl)c(Cl)c2)s1. The molecule has 1 aromatic heterocycles. The van der Waals surface area contributed by atoms with E-state index in [1.807, 2.05) is 0 Å². The van der Waals surface area contributed by atoms with Crippen molar-refractivity contribution in [2.75, 3.05) is 11.1 Å². The summed E-state index contributed by atoms with van der Waals surface area (Å²) < 4.78 is 0.863. The van der Waals surface area contributed by atoms with Gasteiger partial charge in [0.1, 0.15) is 0 Å². The molecule has 0 fully saturated rings. The molecule has 0 radical (unpaired) electrons. The van der Waals surface area contributed by atoms with Crippen LogP contribution in [0.1, 0.15) is 25.3 Å². The quantitative estimate of drug-likeness (QED) is 0.299. The molecule has 1 heterocycles. The van der Waals surface area contributed by atoms with Gasteiger partial charge in [-0.1, -0.05) is 65.7 Å². The van der Waals surface area contributed by atoms with Crippen LogP contribution in [0.3, 0.4) is 0 Å². The highest BCUT2D eigenvalue weighted by Crippen LogP contribution is 2.26. The van der Waals surface area contributed by atoms with E-state index in [1.54, 1.807) is 36.0 Å². The number of halogens is 2. The summed E-state index contributed by atoms with van der Waals surface area (Å²) in [5, 5.41) is 12.1. The lowest BCUT2D eigenvalue weighted by Gasteiger charge is -1.98. The van der Waals surface area contributed by atoms with Gasteiger partial charge >= 0.3 is 0 Å². The van der Waals surface area contributed by atoms with Crippen molar-refractivity contribution in [1.82, 2.24) is 10.2 Å². The maximum absolute atomic E-state index is 11.9. The molecule has 0 spiro atoms. The van der Waals surface area contributed by atoms with Crippen molar-refractivity contribution in [3.05, 3.63) is 39.9 Å². The number of unbranched alkanes of at least 4 members (excludes halogenated alkanes) is 1. The summed E-state index contributed by atoms with van der Waals surface area (Å²) in [6, 6.07) is 5.17. The number of anilines is 1. The van der Waals surface area contributed by atoms with Crippen molar-refractivity contribution < 1.29 is 4.79 Å². The number of rotatable bonds is 7. The van der Waals surface area contributed by atoms with Crippen molar-refractivity contribution in [2.45, 2.75) is 24.1 Å². The van der Waals surface area contributed by atoms with Crippen LogP contribution in [0.2, 0.25) is 10.0 Å². The molecule has 1 N–H and O–H groups in total. The second-order valence-electron chi connectivity index (χ2n) is 4.57. The minimum Gasteiger partial charge on any atom is -0.297 e. The van der Waals surface area contributed by atoms with Gasteiger partial charge in [-0.25, -0.2) is 0 Å². The highest BCUT2D eigenvalue weighted by atomic mass is 35.5. The van der Waals surface area contributed by atoms with Crippen LogP contribution in [0.4, 0.5) is 5.13 Å². The third-order valence-corrected chi connectivity index (χ3v) is 5.53. The van der Waals surface area contributed by atoms with Crippen LogP contribution < -0.4 is 5.32 Å². The van der Waals surface area contributed by atoms with Gasteiger partial charge in [0.05, 0.1) is 10.0 Å². The van der Waals surface area contributed by atoms with Gasteiger partial charge in [-0.3, -0.25) is 10.1 Å². The molecule has 0 aliphatic heterocycles. The number of nitrogens with zero attached hydrogens (tertiary/aromatic N) is 2. The largest absolute Gasteiger partial charge is 0.297 e. The number of nitrogens with one attached hydrogen (secondary N) is 1. The first-order valence-corrected chi connectivity index (χ1v) is 9.54. The van der Waals surface area contributed by atoms with Crippen LogP contribution in [0.25, 0.3) is 6.08 Å². The second kappa shape index (κ2) is 9.27. The molecule has 1 amide bonds. The number of carbonyl (C=O) groups is 1. The molecule has 4 nitrogen and oxygen atoms in total. The molecule has 2 aromatic rings. The highest BCUT2D eigenvalue weighted by Gasteiger charge is 2.06. The lowest BCUT2D eigenvalue weighted by atomic mass is 10.2. The van der Waals surface area contributed by atoms with E-state index in [9.17, 15) is 4.79 Å². The number of hydrogen-bond acceptors (Lipinski definition) is 5. The Morgan fingerprint density at radius 2 is 2.17 bits per heavy atom. The molecule has 2 rings (SSSR count). The summed E-state index contributed by atoms with van der Waals surface area (Å²) in [7, 11) is 0. The predicted octanol–water partition coefficient (Wildman–Crippen LogP) is 5.39. The summed E-state index contributed by atoms with van der Waals surface area (Å²) in [6.07, 6.45) is 5.37. The van der Waals surface area contributed by atoms with Crippen molar-refractivity contribution in [2.24, 2.45) is 0 Å². The zero-order valence-corrected chi connectivity index (χ0v) is 15.5. The van der Waals surface area contributed by atoms with Gasteiger partial charge in [0.2, 0.25) is 11.0 Å². The van der Waals surface area contributed by atoms with Crippen molar-refractivity contribution in [1.29, 1.82) is 0 Å². The van der Waals surface area contributed by atoms with E-state index in [-0.39, 0.29) is 5.91 Å². The molecule has 23 heavy (non-hydrogen) atoms. The van der Waals surface area contributed by atoms with Gasteiger partial charge in [0, 0.05) is 11.8 Å². The van der Waals surface area contributed by atoms with E-state index in [0.29, 0.717) is 15.2 Å². The minimum atomic E-state index is -0.266. The molecule has 0 unspecified atom stereocenters. The smallest absolute Gasteiger partial charge is 0.250 e. The summed E-state index contributed by atoms with van der Waals surface area (Å²) in [5.74, 6) is 0.744. The van der Waals surface area contributed by atoms with Crippen LogP contribution in [0.5, 0.6) is 0 Å². The van der Waals surface area contributed by atoms with Gasteiger partial charge in [-0.05, 0) is 30.2 Å². The van der Waals surface area contributed by atoms with Crippen molar-refractivity contribution in [3.63, 3.8) is 0 Å². The number of aromatic nitrogens is 2. The fourth-order valence-electron chi connectivity index (χ4n) is 1.56. The standard InChI is InChI=1S/C15H15Cl2N3OS2/c1-2-3-8-22-15-20-19-14(23-15)18-13(21)7-5-10-4-6-11(16)12(17)9-10/h4-7,9H,2-3,8H2,1H3,(H,18,19,21)/b7-5+. The Bertz CT molecular complexity index is 704. The number of hydrogen-bond donors (Lipinski definition) is 1. The molecule has 0 aliphatic carbocycles. The third kappa shape index (κ3) is 6.14. The number of thioether (sulfide) groups is 1. The van der Waals surface area contributed by atoms with E-state index in [1.165, 1.54) is 17.4 Å². The van der Waals surface area contributed by atoms with E-state index >= 15 is 0 Å². The Hall–Kier alpha value is -1.08. The molecular weight excluding hydrogens is 373 g/mol. The van der Waals surface area contributed by atoms with Crippen molar-refractivity contribution >= 4 is 63.4 Å². The first kappa shape index (κ1) is 18.3. The van der Waals surface area contributed by atoms with Gasteiger partial charge in [0.15, 0.2) is 4.34 Å². The normalized spacial score (nSPS) is 11.1. The van der Waals surface area contributed by atoms with E-state index in [4.69, 9.17) is 23.2 Å². The Morgan fingerprint density at radius 3 is 2.91 bits per heavy atom. The monoisotopic (exact) mass is 387 g/mol. The lowest BCUT2D eigenvalue weighted by Crippen LogP contribution is -2.07. The van der Waals surface area contributed by atoms with Crippen LogP contribution in [-0.4, -0.2) is 21.9 Å². The Kier molecular flexibility index (Phi) is 7.36. The zero-order valence-electron chi connectivity index (χ0n) is 12.4. The molecule has 122 valence electrons. The second-order valence-corrected chi connectivity index (χ2v) is 7.71. The summed E-state index contributed by atoms with van der Waals surface area (Å²) in [6.45, 7) is 2.15. The average molecular weight is 388 g/mol. The maximum Gasteiger partial charge on any atom is 0.250 e. The predicted molar refractivity (Wildman–Crippen MR) is 99.7 cm³/mol. The first-order valence-electron chi connectivity index (χ1n) is 6.99. The number of benzene rings is 1. The van der Waals surface area contributed by atoms with E-state index < -0.39 is 0 Å². The maximum atomic E-state index is 11.9. The summed E-state index contributed by atoms with van der Waals surface area (Å²) >= 11 is 14.8.